The normalized spacial score (nSPS) is 11.0. The van der Waals surface area contributed by atoms with Gasteiger partial charge in [0.1, 0.15) is 5.82 Å². The van der Waals surface area contributed by atoms with E-state index in [0.29, 0.717) is 5.52 Å². The Bertz CT molecular complexity index is 1350. The van der Waals surface area contributed by atoms with E-state index in [1.807, 2.05) is 0 Å². The number of rotatable bonds is 5. The average molecular weight is 495 g/mol. The average Bonchev–Trinajstić information content (AvgIpc) is 3.07. The van der Waals surface area contributed by atoms with E-state index in [2.05, 4.69) is 5.10 Å². The van der Waals surface area contributed by atoms with Gasteiger partial charge in [0.05, 0.1) is 38.0 Å². The molecule has 0 radical (unpaired) electrons. The topological polar surface area (TPSA) is 87.3 Å². The fourth-order valence-corrected chi connectivity index (χ4v) is 3.89. The third-order valence-electron chi connectivity index (χ3n) is 4.64. The smallest absolute Gasteiger partial charge is 0.347 e. The molecule has 0 aliphatic heterocycles. The molecular weight excluding hydrogens is 484 g/mol. The number of nitro benzene ring substituents is 1. The number of carbonyl (C=O) groups is 1. The lowest BCUT2D eigenvalue weighted by molar-refractivity contribution is -0.384. The SMILES string of the molecule is O=C(Oc1nn(Cc2c(F)cccc2Cl)c2ccc([N+](=O)[O-])cc12)c1c(Cl)cccc1Cl. The van der Waals surface area contributed by atoms with Crippen LogP contribution >= 0.6 is 34.8 Å². The van der Waals surface area contributed by atoms with Gasteiger partial charge < -0.3 is 4.74 Å². The van der Waals surface area contributed by atoms with Crippen LogP contribution < -0.4 is 4.74 Å². The Morgan fingerprint density at radius 1 is 1.06 bits per heavy atom. The first-order valence-electron chi connectivity index (χ1n) is 9.00. The van der Waals surface area contributed by atoms with Crippen LogP contribution in [0.4, 0.5) is 10.1 Å². The number of esters is 1. The van der Waals surface area contributed by atoms with Gasteiger partial charge >= 0.3 is 5.97 Å². The number of hydrogen-bond acceptors (Lipinski definition) is 5. The Morgan fingerprint density at radius 2 is 1.72 bits per heavy atom. The Hall–Kier alpha value is -3.20. The Morgan fingerprint density at radius 3 is 2.38 bits per heavy atom. The van der Waals surface area contributed by atoms with Gasteiger partial charge in [-0.3, -0.25) is 14.8 Å². The summed E-state index contributed by atoms with van der Waals surface area (Å²) in [6, 6.07) is 12.6. The molecule has 0 saturated heterocycles. The second kappa shape index (κ2) is 8.74. The van der Waals surface area contributed by atoms with Gasteiger partial charge in [-0.05, 0) is 30.3 Å². The van der Waals surface area contributed by atoms with Crippen LogP contribution in [0.15, 0.2) is 54.6 Å². The predicted molar refractivity (Wildman–Crippen MR) is 118 cm³/mol. The maximum atomic E-state index is 14.3. The van der Waals surface area contributed by atoms with Gasteiger partial charge in [-0.1, -0.05) is 46.9 Å². The minimum atomic E-state index is -0.900. The maximum absolute atomic E-state index is 14.3. The first-order valence-corrected chi connectivity index (χ1v) is 10.1. The minimum Gasteiger partial charge on any atom is -0.401 e. The Kier molecular flexibility index (Phi) is 6.01. The molecule has 1 heterocycles. The van der Waals surface area contributed by atoms with Crippen LogP contribution in [0.1, 0.15) is 15.9 Å². The molecule has 0 saturated carbocycles. The van der Waals surface area contributed by atoms with Gasteiger partial charge in [0, 0.05) is 22.7 Å². The van der Waals surface area contributed by atoms with Crippen molar-refractivity contribution >= 4 is 57.4 Å². The first-order chi connectivity index (χ1) is 15.3. The number of aromatic nitrogens is 2. The lowest BCUT2D eigenvalue weighted by Gasteiger charge is -2.07. The summed E-state index contributed by atoms with van der Waals surface area (Å²) in [7, 11) is 0. The molecule has 162 valence electrons. The van der Waals surface area contributed by atoms with E-state index in [0.717, 1.165) is 0 Å². The number of benzene rings is 3. The Balaban J connectivity index is 1.82. The van der Waals surface area contributed by atoms with Gasteiger partial charge in [0.25, 0.3) is 5.69 Å². The molecule has 0 unspecified atom stereocenters. The van der Waals surface area contributed by atoms with E-state index in [1.54, 1.807) is 6.07 Å². The van der Waals surface area contributed by atoms with Crippen molar-refractivity contribution in [3.8, 4) is 5.88 Å². The van der Waals surface area contributed by atoms with E-state index < -0.39 is 16.7 Å². The standard InChI is InChI=1S/C21H11Cl3FN3O4/c22-14-3-2-6-17(25)13(14)10-27-18-8-7-11(28(30)31)9-12(18)20(26-27)32-21(29)19-15(23)4-1-5-16(19)24/h1-9H,10H2. The first kappa shape index (κ1) is 22.0. The molecule has 32 heavy (non-hydrogen) atoms. The fourth-order valence-electron chi connectivity index (χ4n) is 3.11. The molecule has 0 spiro atoms. The van der Waals surface area contributed by atoms with Crippen molar-refractivity contribution in [2.24, 2.45) is 0 Å². The molecule has 7 nitrogen and oxygen atoms in total. The van der Waals surface area contributed by atoms with E-state index in [4.69, 9.17) is 39.5 Å². The van der Waals surface area contributed by atoms with Crippen molar-refractivity contribution in [1.82, 2.24) is 9.78 Å². The summed E-state index contributed by atoms with van der Waals surface area (Å²) in [6.45, 7) is -0.107. The van der Waals surface area contributed by atoms with Gasteiger partial charge in [0.2, 0.25) is 5.88 Å². The van der Waals surface area contributed by atoms with Crippen LogP contribution in [0.25, 0.3) is 10.9 Å². The van der Waals surface area contributed by atoms with Gasteiger partial charge in [0.15, 0.2) is 0 Å². The van der Waals surface area contributed by atoms with Crippen molar-refractivity contribution in [1.29, 1.82) is 0 Å². The summed E-state index contributed by atoms with van der Waals surface area (Å²) in [6.07, 6.45) is 0. The summed E-state index contributed by atoms with van der Waals surface area (Å²) in [5.41, 5.74) is 0.196. The zero-order valence-electron chi connectivity index (χ0n) is 15.9. The molecule has 0 N–H and O–H groups in total. The van der Waals surface area contributed by atoms with Gasteiger partial charge in [-0.25, -0.2) is 9.18 Å². The maximum Gasteiger partial charge on any atom is 0.347 e. The molecule has 4 aromatic rings. The van der Waals surface area contributed by atoms with E-state index in [9.17, 15) is 19.3 Å². The molecule has 0 fully saturated rings. The highest BCUT2D eigenvalue weighted by molar-refractivity contribution is 6.39. The van der Waals surface area contributed by atoms with Crippen LogP contribution in [-0.2, 0) is 6.54 Å². The molecule has 3 aromatic carbocycles. The third-order valence-corrected chi connectivity index (χ3v) is 5.62. The summed E-state index contributed by atoms with van der Waals surface area (Å²) in [5, 5.41) is 16.0. The number of non-ortho nitro benzene ring substituents is 1. The second-order valence-corrected chi connectivity index (χ2v) is 7.83. The highest BCUT2D eigenvalue weighted by Gasteiger charge is 2.23. The second-order valence-electron chi connectivity index (χ2n) is 6.61. The summed E-state index contributed by atoms with van der Waals surface area (Å²) in [4.78, 5) is 23.4. The molecule has 4 rings (SSSR count). The zero-order valence-corrected chi connectivity index (χ0v) is 18.2. The number of halogens is 4. The lowest BCUT2D eigenvalue weighted by atomic mass is 10.2. The van der Waals surface area contributed by atoms with Crippen molar-refractivity contribution in [2.45, 2.75) is 6.54 Å². The molecule has 1 aromatic heterocycles. The molecule has 0 aliphatic carbocycles. The summed E-state index contributed by atoms with van der Waals surface area (Å²) < 4.78 is 21.0. The van der Waals surface area contributed by atoms with Crippen molar-refractivity contribution in [2.75, 3.05) is 0 Å². The minimum absolute atomic E-state index is 0.0651. The number of ether oxygens (including phenoxy) is 1. The third kappa shape index (κ3) is 4.12. The van der Waals surface area contributed by atoms with Crippen LogP contribution in [0.5, 0.6) is 5.88 Å². The van der Waals surface area contributed by atoms with Crippen LogP contribution in [0.2, 0.25) is 15.1 Å². The quantitative estimate of drug-likeness (QED) is 0.184. The number of carbonyl (C=O) groups excluding carboxylic acids is 1. The monoisotopic (exact) mass is 493 g/mol. The number of hydrogen-bond donors (Lipinski definition) is 0. The van der Waals surface area contributed by atoms with Gasteiger partial charge in [-0.2, -0.15) is 0 Å². The zero-order chi connectivity index (χ0) is 23.0. The predicted octanol–water partition coefficient (Wildman–Crippen LogP) is 6.31. The number of nitrogens with zero attached hydrogens (tertiary/aromatic N) is 3. The molecule has 11 heteroatoms. The van der Waals surface area contributed by atoms with E-state index >= 15 is 0 Å². The highest BCUT2D eigenvalue weighted by atomic mass is 35.5. The Labute approximate surface area is 195 Å². The molecule has 0 aliphatic rings. The molecule has 0 atom stereocenters. The van der Waals surface area contributed by atoms with Crippen molar-refractivity contribution in [3.05, 3.63) is 96.7 Å². The van der Waals surface area contributed by atoms with E-state index in [-0.39, 0.29) is 49.7 Å². The number of nitro groups is 1. The highest BCUT2D eigenvalue weighted by Crippen LogP contribution is 2.32. The molecule has 0 bridgehead atoms. The van der Waals surface area contributed by atoms with Gasteiger partial charge in [-0.15, -0.1) is 5.10 Å². The van der Waals surface area contributed by atoms with Crippen molar-refractivity contribution in [3.63, 3.8) is 0 Å². The van der Waals surface area contributed by atoms with Crippen LogP contribution in [0.3, 0.4) is 0 Å². The number of fused-ring (bicyclic) bond motifs is 1. The van der Waals surface area contributed by atoms with Crippen LogP contribution in [0, 0.1) is 15.9 Å². The van der Waals surface area contributed by atoms with E-state index in [1.165, 1.54) is 53.2 Å². The fraction of sp³-hybridized carbons (Fsp3) is 0.0476. The molecular formula is C21H11Cl3FN3O4. The summed E-state index contributed by atoms with van der Waals surface area (Å²) >= 11 is 18.3. The van der Waals surface area contributed by atoms with Crippen LogP contribution in [-0.4, -0.2) is 20.7 Å². The largest absolute Gasteiger partial charge is 0.401 e. The van der Waals surface area contributed by atoms with Crippen molar-refractivity contribution < 1.29 is 18.8 Å². The lowest BCUT2D eigenvalue weighted by Crippen LogP contribution is -2.11. The molecule has 0 amide bonds. The summed E-state index contributed by atoms with van der Waals surface area (Å²) in [5.74, 6) is -1.68.